The highest BCUT2D eigenvalue weighted by Crippen LogP contribution is 2.21. The highest BCUT2D eigenvalue weighted by atomic mass is 16.5. The lowest BCUT2D eigenvalue weighted by Crippen LogP contribution is -2.04. The minimum absolute atomic E-state index is 0.0238. The Labute approximate surface area is 97.7 Å². The first-order valence-corrected chi connectivity index (χ1v) is 4.91. The van der Waals surface area contributed by atoms with Crippen LogP contribution in [0.4, 0.5) is 0 Å². The molecule has 1 aromatic heterocycles. The maximum Gasteiger partial charge on any atom is 0.338 e. The highest BCUT2D eigenvalue weighted by Gasteiger charge is 2.14. The molecule has 1 aromatic carbocycles. The van der Waals surface area contributed by atoms with Crippen LogP contribution in [0.5, 0.6) is 5.75 Å². The van der Waals surface area contributed by atoms with Gasteiger partial charge in [-0.1, -0.05) is 18.2 Å². The molecule has 86 valence electrons. The molecule has 0 atom stereocenters. The van der Waals surface area contributed by atoms with Crippen LogP contribution >= 0.6 is 0 Å². The highest BCUT2D eigenvalue weighted by molar-refractivity contribution is 5.96. The number of rotatable bonds is 2. The summed E-state index contributed by atoms with van der Waals surface area (Å²) in [7, 11) is 1.32. The Bertz CT molecular complexity index is 538. The zero-order valence-corrected chi connectivity index (χ0v) is 9.12. The van der Waals surface area contributed by atoms with E-state index in [4.69, 9.17) is 5.11 Å². The number of carbonyl (C=O) groups is 1. The Balaban J connectivity index is 2.51. The van der Waals surface area contributed by atoms with Crippen LogP contribution in [0.3, 0.4) is 0 Å². The van der Waals surface area contributed by atoms with Crippen LogP contribution in [0.15, 0.2) is 36.7 Å². The fourth-order valence-corrected chi connectivity index (χ4v) is 1.43. The Morgan fingerprint density at radius 2 is 1.88 bits per heavy atom. The number of hydrogen-bond donors (Lipinski definition) is 1. The van der Waals surface area contributed by atoms with Crippen molar-refractivity contribution in [3.8, 4) is 17.1 Å². The molecule has 0 aliphatic rings. The lowest BCUT2D eigenvalue weighted by Gasteiger charge is -2.05. The van der Waals surface area contributed by atoms with Crippen molar-refractivity contribution in [3.05, 3.63) is 42.2 Å². The van der Waals surface area contributed by atoms with E-state index in [1.807, 2.05) is 0 Å². The van der Waals surface area contributed by atoms with Crippen LogP contribution in [-0.4, -0.2) is 28.2 Å². The van der Waals surface area contributed by atoms with Gasteiger partial charge >= 0.3 is 5.97 Å². The molecule has 0 amide bonds. The molecule has 2 aromatic rings. The Hall–Kier alpha value is -2.43. The molecule has 5 heteroatoms. The number of benzene rings is 1. The van der Waals surface area contributed by atoms with E-state index in [-0.39, 0.29) is 5.75 Å². The van der Waals surface area contributed by atoms with Gasteiger partial charge in [-0.25, -0.2) is 14.8 Å². The molecular weight excluding hydrogens is 220 g/mol. The van der Waals surface area contributed by atoms with Crippen LogP contribution in [0.1, 0.15) is 10.4 Å². The average molecular weight is 230 g/mol. The standard InChI is InChI=1S/C12H10N2O3/c1-17-12(16)10-5-3-2-4-9(10)11-13-6-8(15)7-14-11/h2-7,15H,1H3. The molecule has 0 saturated carbocycles. The zero-order chi connectivity index (χ0) is 12.3. The van der Waals surface area contributed by atoms with Gasteiger partial charge in [-0.15, -0.1) is 0 Å². The van der Waals surface area contributed by atoms with Crippen molar-refractivity contribution in [2.75, 3.05) is 7.11 Å². The summed E-state index contributed by atoms with van der Waals surface area (Å²) in [5.74, 6) is -0.106. The molecule has 1 N–H and O–H groups in total. The molecular formula is C12H10N2O3. The normalized spacial score (nSPS) is 9.94. The van der Waals surface area contributed by atoms with Gasteiger partial charge in [0.2, 0.25) is 0 Å². The minimum atomic E-state index is -0.447. The summed E-state index contributed by atoms with van der Waals surface area (Å²) in [6, 6.07) is 6.87. The molecule has 1 heterocycles. The van der Waals surface area contributed by atoms with Crippen LogP contribution in [-0.2, 0) is 4.74 Å². The number of carbonyl (C=O) groups excluding carboxylic acids is 1. The van der Waals surface area contributed by atoms with Gasteiger partial charge in [-0.3, -0.25) is 0 Å². The van der Waals surface area contributed by atoms with Crippen LogP contribution < -0.4 is 0 Å². The molecule has 0 saturated heterocycles. The fourth-order valence-electron chi connectivity index (χ4n) is 1.43. The molecule has 0 unspecified atom stereocenters. The third kappa shape index (κ3) is 2.23. The molecule has 0 bridgehead atoms. The number of hydrogen-bond acceptors (Lipinski definition) is 5. The number of ether oxygens (including phenoxy) is 1. The summed E-state index contributed by atoms with van der Waals surface area (Å²) >= 11 is 0. The second kappa shape index (κ2) is 4.61. The van der Waals surface area contributed by atoms with Crippen molar-refractivity contribution in [3.63, 3.8) is 0 Å². The smallest absolute Gasteiger partial charge is 0.338 e. The molecule has 5 nitrogen and oxygen atoms in total. The molecule has 0 aliphatic carbocycles. The Kier molecular flexibility index (Phi) is 3.00. The first kappa shape index (κ1) is 11.1. The van der Waals surface area contributed by atoms with E-state index in [1.165, 1.54) is 19.5 Å². The largest absolute Gasteiger partial charge is 0.505 e. The van der Waals surface area contributed by atoms with Crippen molar-refractivity contribution >= 4 is 5.97 Å². The number of methoxy groups -OCH3 is 1. The van der Waals surface area contributed by atoms with Crippen molar-refractivity contribution in [2.45, 2.75) is 0 Å². The SMILES string of the molecule is COC(=O)c1ccccc1-c1ncc(O)cn1. The fraction of sp³-hybridized carbons (Fsp3) is 0.0833. The second-order valence-electron chi connectivity index (χ2n) is 3.30. The lowest BCUT2D eigenvalue weighted by atomic mass is 10.1. The first-order chi connectivity index (χ1) is 8.22. The van der Waals surface area contributed by atoms with Crippen LogP contribution in [0.25, 0.3) is 11.4 Å². The predicted molar refractivity (Wildman–Crippen MR) is 60.5 cm³/mol. The van der Waals surface area contributed by atoms with Crippen molar-refractivity contribution in [1.82, 2.24) is 9.97 Å². The van der Waals surface area contributed by atoms with E-state index in [2.05, 4.69) is 14.7 Å². The summed E-state index contributed by atoms with van der Waals surface area (Å²) < 4.78 is 4.68. The summed E-state index contributed by atoms with van der Waals surface area (Å²) in [4.78, 5) is 19.5. The van der Waals surface area contributed by atoms with Gasteiger partial charge in [0.25, 0.3) is 0 Å². The maximum absolute atomic E-state index is 11.5. The number of aromatic nitrogens is 2. The molecule has 0 radical (unpaired) electrons. The molecule has 0 spiro atoms. The molecule has 2 rings (SSSR count). The summed E-state index contributed by atoms with van der Waals surface area (Å²) in [5, 5.41) is 9.11. The van der Waals surface area contributed by atoms with E-state index in [0.717, 1.165) is 0 Å². The topological polar surface area (TPSA) is 72.3 Å². The third-order valence-corrected chi connectivity index (χ3v) is 2.21. The molecule has 17 heavy (non-hydrogen) atoms. The molecule has 0 aliphatic heterocycles. The van der Waals surface area contributed by atoms with Gasteiger partial charge in [0.05, 0.1) is 25.1 Å². The van der Waals surface area contributed by atoms with Gasteiger partial charge in [0, 0.05) is 5.56 Å². The predicted octanol–water partition coefficient (Wildman–Crippen LogP) is 1.64. The van der Waals surface area contributed by atoms with Crippen LogP contribution in [0.2, 0.25) is 0 Å². The first-order valence-electron chi connectivity index (χ1n) is 4.91. The zero-order valence-electron chi connectivity index (χ0n) is 9.12. The van der Waals surface area contributed by atoms with Gasteiger partial charge < -0.3 is 9.84 Å². The number of aromatic hydroxyl groups is 1. The van der Waals surface area contributed by atoms with Gasteiger partial charge in [0.1, 0.15) is 0 Å². The summed E-state index contributed by atoms with van der Waals surface area (Å²) in [6.45, 7) is 0. The minimum Gasteiger partial charge on any atom is -0.505 e. The Morgan fingerprint density at radius 1 is 1.24 bits per heavy atom. The van der Waals surface area contributed by atoms with E-state index in [0.29, 0.717) is 17.0 Å². The van der Waals surface area contributed by atoms with E-state index in [9.17, 15) is 4.79 Å². The van der Waals surface area contributed by atoms with E-state index in [1.54, 1.807) is 24.3 Å². The van der Waals surface area contributed by atoms with Crippen molar-refractivity contribution < 1.29 is 14.6 Å². The number of esters is 1. The second-order valence-corrected chi connectivity index (χ2v) is 3.30. The average Bonchev–Trinajstić information content (AvgIpc) is 2.39. The van der Waals surface area contributed by atoms with Gasteiger partial charge in [-0.2, -0.15) is 0 Å². The quantitative estimate of drug-likeness (QED) is 0.794. The van der Waals surface area contributed by atoms with Crippen molar-refractivity contribution in [1.29, 1.82) is 0 Å². The maximum atomic E-state index is 11.5. The summed E-state index contributed by atoms with van der Waals surface area (Å²) in [6.07, 6.45) is 2.55. The lowest BCUT2D eigenvalue weighted by molar-refractivity contribution is 0.0601. The van der Waals surface area contributed by atoms with Crippen LogP contribution in [0, 0.1) is 0 Å². The monoisotopic (exact) mass is 230 g/mol. The summed E-state index contributed by atoms with van der Waals surface area (Å²) in [5.41, 5.74) is 0.958. The number of nitrogens with zero attached hydrogens (tertiary/aromatic N) is 2. The molecule has 0 fully saturated rings. The third-order valence-electron chi connectivity index (χ3n) is 2.21. The van der Waals surface area contributed by atoms with Gasteiger partial charge in [-0.05, 0) is 6.07 Å². The van der Waals surface area contributed by atoms with Gasteiger partial charge in [0.15, 0.2) is 11.6 Å². The van der Waals surface area contributed by atoms with Crippen molar-refractivity contribution in [2.24, 2.45) is 0 Å². The van der Waals surface area contributed by atoms with E-state index < -0.39 is 5.97 Å². The Morgan fingerprint density at radius 3 is 2.53 bits per heavy atom. The van der Waals surface area contributed by atoms with E-state index >= 15 is 0 Å².